The van der Waals surface area contributed by atoms with E-state index in [4.69, 9.17) is 14.9 Å². The van der Waals surface area contributed by atoms with Gasteiger partial charge < -0.3 is 20.1 Å². The van der Waals surface area contributed by atoms with Crippen LogP contribution >= 0.6 is 0 Å². The van der Waals surface area contributed by atoms with Gasteiger partial charge in [0.1, 0.15) is 23.7 Å². The van der Waals surface area contributed by atoms with E-state index >= 15 is 0 Å². The van der Waals surface area contributed by atoms with E-state index < -0.39 is 12.2 Å². The molecular formula is C8H12O4. The lowest BCUT2D eigenvalue weighted by molar-refractivity contribution is 0.000864. The van der Waals surface area contributed by atoms with Crippen LogP contribution in [-0.2, 0) is 4.74 Å². The molecule has 4 heteroatoms. The number of aliphatic hydroxyl groups is 3. The van der Waals surface area contributed by atoms with Gasteiger partial charge in [-0.3, -0.25) is 0 Å². The SMILES string of the molecule is CCOC1=CC=C(O)C(O)C1O. The van der Waals surface area contributed by atoms with Gasteiger partial charge in [-0.1, -0.05) is 0 Å². The van der Waals surface area contributed by atoms with Crippen LogP contribution in [0.4, 0.5) is 0 Å². The summed E-state index contributed by atoms with van der Waals surface area (Å²) in [7, 11) is 0. The Balaban J connectivity index is 2.75. The molecule has 0 aromatic heterocycles. The zero-order valence-electron chi connectivity index (χ0n) is 6.77. The fourth-order valence-corrected chi connectivity index (χ4v) is 0.982. The smallest absolute Gasteiger partial charge is 0.144 e. The second-order valence-corrected chi connectivity index (χ2v) is 2.48. The van der Waals surface area contributed by atoms with E-state index in [2.05, 4.69) is 0 Å². The van der Waals surface area contributed by atoms with Crippen molar-refractivity contribution in [3.8, 4) is 0 Å². The highest BCUT2D eigenvalue weighted by Crippen LogP contribution is 2.18. The number of hydrogen-bond donors (Lipinski definition) is 3. The summed E-state index contributed by atoms with van der Waals surface area (Å²) in [5.74, 6) is 0.0359. The molecule has 0 aliphatic heterocycles. The Morgan fingerprint density at radius 3 is 2.58 bits per heavy atom. The van der Waals surface area contributed by atoms with E-state index in [1.807, 2.05) is 0 Å². The van der Waals surface area contributed by atoms with Crippen molar-refractivity contribution in [1.82, 2.24) is 0 Å². The lowest BCUT2D eigenvalue weighted by Gasteiger charge is -2.22. The Bertz CT molecular complexity index is 219. The van der Waals surface area contributed by atoms with Crippen molar-refractivity contribution in [2.45, 2.75) is 19.1 Å². The topological polar surface area (TPSA) is 69.9 Å². The molecule has 0 saturated carbocycles. The van der Waals surface area contributed by atoms with Gasteiger partial charge >= 0.3 is 0 Å². The third-order valence-electron chi connectivity index (χ3n) is 1.62. The molecule has 2 atom stereocenters. The molecule has 12 heavy (non-hydrogen) atoms. The van der Waals surface area contributed by atoms with Crippen LogP contribution in [0.2, 0.25) is 0 Å². The van der Waals surface area contributed by atoms with E-state index in [0.717, 1.165) is 0 Å². The Morgan fingerprint density at radius 2 is 2.00 bits per heavy atom. The molecule has 0 aromatic carbocycles. The van der Waals surface area contributed by atoms with Crippen molar-refractivity contribution < 1.29 is 20.1 Å². The molecule has 2 unspecified atom stereocenters. The molecule has 1 aliphatic rings. The monoisotopic (exact) mass is 172 g/mol. The van der Waals surface area contributed by atoms with Gasteiger partial charge in [-0.15, -0.1) is 0 Å². The zero-order valence-corrected chi connectivity index (χ0v) is 6.77. The molecular weight excluding hydrogens is 160 g/mol. The molecule has 4 nitrogen and oxygen atoms in total. The minimum absolute atomic E-state index is 0.244. The molecule has 1 rings (SSSR count). The number of rotatable bonds is 2. The van der Waals surface area contributed by atoms with Gasteiger partial charge in [0.2, 0.25) is 0 Å². The number of allylic oxidation sites excluding steroid dienone is 2. The average Bonchev–Trinajstić information content (AvgIpc) is 2.07. The van der Waals surface area contributed by atoms with Gasteiger partial charge in [-0.25, -0.2) is 0 Å². The minimum atomic E-state index is -1.27. The molecule has 0 amide bonds. The first kappa shape index (κ1) is 9.09. The highest BCUT2D eigenvalue weighted by atomic mass is 16.5. The predicted octanol–water partition coefficient (Wildman–Crippen LogP) is 0.0841. The number of ether oxygens (including phenoxy) is 1. The summed E-state index contributed by atoms with van der Waals surface area (Å²) in [5, 5.41) is 27.4. The first-order chi connectivity index (χ1) is 5.66. The molecule has 0 aromatic rings. The van der Waals surface area contributed by atoms with Gasteiger partial charge in [0, 0.05) is 0 Å². The van der Waals surface area contributed by atoms with Crippen molar-refractivity contribution in [3.05, 3.63) is 23.7 Å². The molecule has 0 radical (unpaired) electrons. The van der Waals surface area contributed by atoms with Crippen molar-refractivity contribution >= 4 is 0 Å². The quantitative estimate of drug-likeness (QED) is 0.552. The normalized spacial score (nSPS) is 29.2. The van der Waals surface area contributed by atoms with Gasteiger partial charge in [0.25, 0.3) is 0 Å². The fourth-order valence-electron chi connectivity index (χ4n) is 0.982. The Labute approximate surface area is 70.4 Å². The second kappa shape index (κ2) is 3.60. The predicted molar refractivity (Wildman–Crippen MR) is 42.4 cm³/mol. The van der Waals surface area contributed by atoms with E-state index in [1.54, 1.807) is 6.92 Å². The van der Waals surface area contributed by atoms with Crippen molar-refractivity contribution in [2.24, 2.45) is 0 Å². The third kappa shape index (κ3) is 1.60. The van der Waals surface area contributed by atoms with Crippen LogP contribution in [0, 0.1) is 0 Å². The number of aliphatic hydroxyl groups excluding tert-OH is 3. The summed E-state index contributed by atoms with van der Waals surface area (Å²) >= 11 is 0. The summed E-state index contributed by atoms with van der Waals surface area (Å²) in [5.41, 5.74) is 0. The molecule has 3 N–H and O–H groups in total. The van der Waals surface area contributed by atoms with Crippen LogP contribution in [0.1, 0.15) is 6.92 Å². The molecule has 0 heterocycles. The van der Waals surface area contributed by atoms with E-state index in [0.29, 0.717) is 6.61 Å². The highest BCUT2D eigenvalue weighted by molar-refractivity contribution is 5.24. The third-order valence-corrected chi connectivity index (χ3v) is 1.62. The van der Waals surface area contributed by atoms with Gasteiger partial charge in [-0.05, 0) is 19.1 Å². The van der Waals surface area contributed by atoms with Gasteiger partial charge in [0.15, 0.2) is 0 Å². The van der Waals surface area contributed by atoms with Crippen molar-refractivity contribution in [3.63, 3.8) is 0 Å². The lowest BCUT2D eigenvalue weighted by atomic mass is 10.1. The summed E-state index contributed by atoms with van der Waals surface area (Å²) in [6.45, 7) is 2.20. The molecule has 0 fully saturated rings. The number of hydrogen-bond acceptors (Lipinski definition) is 4. The van der Waals surface area contributed by atoms with E-state index in [-0.39, 0.29) is 11.5 Å². The lowest BCUT2D eigenvalue weighted by Crippen LogP contribution is -2.32. The standard InChI is InChI=1S/C8H12O4/c1-2-12-6-4-3-5(9)7(10)8(6)11/h3-4,7-11H,2H2,1H3. The molecule has 0 bridgehead atoms. The highest BCUT2D eigenvalue weighted by Gasteiger charge is 2.27. The molecule has 0 spiro atoms. The van der Waals surface area contributed by atoms with E-state index in [9.17, 15) is 5.11 Å². The van der Waals surface area contributed by atoms with E-state index in [1.165, 1.54) is 12.2 Å². The molecule has 0 saturated heterocycles. The Kier molecular flexibility index (Phi) is 2.73. The summed E-state index contributed by atoms with van der Waals surface area (Å²) < 4.78 is 5.01. The summed E-state index contributed by atoms with van der Waals surface area (Å²) in [6.07, 6.45) is 0.324. The van der Waals surface area contributed by atoms with Crippen LogP contribution in [0.3, 0.4) is 0 Å². The van der Waals surface area contributed by atoms with Crippen LogP contribution in [0.15, 0.2) is 23.7 Å². The largest absolute Gasteiger partial charge is 0.509 e. The van der Waals surface area contributed by atoms with Gasteiger partial charge in [-0.2, -0.15) is 0 Å². The van der Waals surface area contributed by atoms with Crippen LogP contribution in [0.25, 0.3) is 0 Å². The first-order valence-electron chi connectivity index (χ1n) is 3.76. The van der Waals surface area contributed by atoms with Crippen LogP contribution in [-0.4, -0.2) is 34.1 Å². The van der Waals surface area contributed by atoms with Gasteiger partial charge in [0.05, 0.1) is 6.61 Å². The summed E-state index contributed by atoms with van der Waals surface area (Å²) in [4.78, 5) is 0. The van der Waals surface area contributed by atoms with Crippen molar-refractivity contribution in [1.29, 1.82) is 0 Å². The minimum Gasteiger partial charge on any atom is -0.509 e. The van der Waals surface area contributed by atoms with Crippen molar-refractivity contribution in [2.75, 3.05) is 6.61 Å². The first-order valence-corrected chi connectivity index (χ1v) is 3.76. The maximum Gasteiger partial charge on any atom is 0.144 e. The maximum absolute atomic E-state index is 9.29. The fraction of sp³-hybridized carbons (Fsp3) is 0.500. The molecule has 68 valence electrons. The Morgan fingerprint density at radius 1 is 1.33 bits per heavy atom. The van der Waals surface area contributed by atoms with Crippen LogP contribution < -0.4 is 0 Å². The Hall–Kier alpha value is -1.00. The zero-order chi connectivity index (χ0) is 9.14. The second-order valence-electron chi connectivity index (χ2n) is 2.48. The average molecular weight is 172 g/mol. The van der Waals surface area contributed by atoms with Crippen LogP contribution in [0.5, 0.6) is 0 Å². The summed E-state index contributed by atoms with van der Waals surface area (Å²) in [6, 6.07) is 0. The maximum atomic E-state index is 9.29. The molecule has 1 aliphatic carbocycles.